The number of esters is 1. The molecule has 0 N–H and O–H groups in total. The number of rotatable bonds is 6. The van der Waals surface area contributed by atoms with Gasteiger partial charge in [-0.25, -0.2) is 9.78 Å². The van der Waals surface area contributed by atoms with Crippen LogP contribution in [0.15, 0.2) is 72.8 Å². The molecule has 2 aromatic carbocycles. The first-order chi connectivity index (χ1) is 15.6. The minimum Gasteiger partial charge on any atom is -0.449 e. The monoisotopic (exact) mass is 429 g/mol. The molecule has 1 aliphatic heterocycles. The van der Waals surface area contributed by atoms with Crippen LogP contribution in [0.1, 0.15) is 18.2 Å². The van der Waals surface area contributed by atoms with E-state index in [1.165, 1.54) is 11.6 Å². The normalized spacial score (nSPS) is 15.7. The van der Waals surface area contributed by atoms with Gasteiger partial charge in [0, 0.05) is 44.2 Å². The molecular weight excluding hydrogens is 402 g/mol. The van der Waals surface area contributed by atoms with Crippen LogP contribution in [0, 0.1) is 0 Å². The van der Waals surface area contributed by atoms with Crippen LogP contribution < -0.4 is 0 Å². The van der Waals surface area contributed by atoms with E-state index in [-0.39, 0.29) is 5.91 Å². The number of fused-ring (bicyclic) bond motifs is 1. The highest BCUT2D eigenvalue weighted by atomic mass is 16.5. The summed E-state index contributed by atoms with van der Waals surface area (Å²) in [7, 11) is 0. The Bertz CT molecular complexity index is 1110. The number of pyridine rings is 1. The molecule has 4 rings (SSSR count). The minimum absolute atomic E-state index is 0.157. The van der Waals surface area contributed by atoms with Gasteiger partial charge >= 0.3 is 5.97 Å². The second-order valence-corrected chi connectivity index (χ2v) is 7.93. The van der Waals surface area contributed by atoms with Gasteiger partial charge in [-0.1, -0.05) is 54.6 Å². The number of ether oxygens (including phenoxy) is 1. The third-order valence-corrected chi connectivity index (χ3v) is 5.58. The first-order valence-electron chi connectivity index (χ1n) is 10.9. The van der Waals surface area contributed by atoms with Crippen molar-refractivity contribution in [1.82, 2.24) is 14.8 Å². The van der Waals surface area contributed by atoms with Gasteiger partial charge in [-0.15, -0.1) is 0 Å². The smallest absolute Gasteiger partial charge is 0.331 e. The fourth-order valence-electron chi connectivity index (χ4n) is 3.82. The van der Waals surface area contributed by atoms with Crippen molar-refractivity contribution in [3.63, 3.8) is 0 Å². The predicted octanol–water partition coefficient (Wildman–Crippen LogP) is 3.52. The van der Waals surface area contributed by atoms with Crippen molar-refractivity contribution in [2.24, 2.45) is 0 Å². The van der Waals surface area contributed by atoms with E-state index >= 15 is 0 Å². The van der Waals surface area contributed by atoms with Gasteiger partial charge < -0.3 is 9.64 Å². The highest BCUT2D eigenvalue weighted by molar-refractivity contribution is 5.90. The number of carbonyl (C=O) groups is 2. The zero-order chi connectivity index (χ0) is 22.3. The Hall–Kier alpha value is -3.51. The van der Waals surface area contributed by atoms with E-state index in [9.17, 15) is 9.59 Å². The Morgan fingerprint density at radius 1 is 0.969 bits per heavy atom. The van der Waals surface area contributed by atoms with E-state index in [0.717, 1.165) is 30.5 Å². The van der Waals surface area contributed by atoms with Gasteiger partial charge in [0.2, 0.25) is 0 Å². The van der Waals surface area contributed by atoms with Crippen molar-refractivity contribution in [1.29, 1.82) is 0 Å². The molecule has 164 valence electrons. The van der Waals surface area contributed by atoms with Crippen molar-refractivity contribution in [2.45, 2.75) is 19.6 Å². The summed E-state index contributed by atoms with van der Waals surface area (Å²) >= 11 is 0. The first-order valence-corrected chi connectivity index (χ1v) is 10.9. The highest BCUT2D eigenvalue weighted by Gasteiger charge is 2.26. The number of hydrogen-bond acceptors (Lipinski definition) is 5. The summed E-state index contributed by atoms with van der Waals surface area (Å²) in [4.78, 5) is 33.5. The van der Waals surface area contributed by atoms with Crippen molar-refractivity contribution in [3.05, 3.63) is 84.1 Å². The molecule has 6 nitrogen and oxygen atoms in total. The summed E-state index contributed by atoms with van der Waals surface area (Å²) in [5.41, 5.74) is 2.79. The van der Waals surface area contributed by atoms with Gasteiger partial charge in [0.15, 0.2) is 6.10 Å². The second-order valence-electron chi connectivity index (χ2n) is 7.93. The Morgan fingerprint density at radius 2 is 1.69 bits per heavy atom. The molecule has 1 unspecified atom stereocenters. The number of aromatic nitrogens is 1. The largest absolute Gasteiger partial charge is 0.449 e. The summed E-state index contributed by atoms with van der Waals surface area (Å²) in [5.74, 6) is -0.710. The molecule has 0 spiro atoms. The maximum atomic E-state index is 12.7. The summed E-state index contributed by atoms with van der Waals surface area (Å²) < 4.78 is 5.34. The third kappa shape index (κ3) is 5.59. The molecule has 0 bridgehead atoms. The number of carbonyl (C=O) groups excluding carboxylic acids is 2. The topological polar surface area (TPSA) is 62.7 Å². The second kappa shape index (κ2) is 10.2. The molecule has 1 fully saturated rings. The lowest BCUT2D eigenvalue weighted by molar-refractivity contribution is -0.156. The zero-order valence-electron chi connectivity index (χ0n) is 18.2. The van der Waals surface area contributed by atoms with Crippen LogP contribution in [-0.2, 0) is 20.9 Å². The van der Waals surface area contributed by atoms with Gasteiger partial charge in [-0.2, -0.15) is 0 Å². The average molecular weight is 430 g/mol. The first kappa shape index (κ1) is 21.7. The quantitative estimate of drug-likeness (QED) is 0.443. The molecule has 2 heterocycles. The fraction of sp³-hybridized carbons (Fsp3) is 0.269. The maximum absolute atomic E-state index is 12.7. The van der Waals surface area contributed by atoms with Crippen LogP contribution in [0.3, 0.4) is 0 Å². The lowest BCUT2D eigenvalue weighted by Crippen LogP contribution is -2.51. The fourth-order valence-corrected chi connectivity index (χ4v) is 3.82. The van der Waals surface area contributed by atoms with Crippen molar-refractivity contribution in [2.75, 3.05) is 26.2 Å². The van der Waals surface area contributed by atoms with Gasteiger partial charge in [-0.3, -0.25) is 9.69 Å². The molecule has 0 saturated carbocycles. The molecule has 32 heavy (non-hydrogen) atoms. The lowest BCUT2D eigenvalue weighted by atomic mass is 10.2. The molecule has 1 amide bonds. The molecule has 3 aromatic rings. The van der Waals surface area contributed by atoms with Crippen LogP contribution in [0.25, 0.3) is 17.0 Å². The van der Waals surface area contributed by atoms with Gasteiger partial charge in [-0.05, 0) is 30.7 Å². The maximum Gasteiger partial charge on any atom is 0.331 e. The van der Waals surface area contributed by atoms with E-state index in [2.05, 4.69) is 22.0 Å². The SMILES string of the molecule is CC(OC(=O)/C=C/c1ccc2ccccc2n1)C(=O)N1CCN(Cc2ccccc2)CC1. The molecule has 1 atom stereocenters. The number of piperazine rings is 1. The van der Waals surface area contributed by atoms with E-state index in [1.54, 1.807) is 17.9 Å². The van der Waals surface area contributed by atoms with Gasteiger partial charge in [0.1, 0.15) is 0 Å². The minimum atomic E-state index is -0.822. The lowest BCUT2D eigenvalue weighted by Gasteiger charge is -2.35. The van der Waals surface area contributed by atoms with Gasteiger partial charge in [0.05, 0.1) is 11.2 Å². The highest BCUT2D eigenvalue weighted by Crippen LogP contribution is 2.13. The Labute approximate surface area is 188 Å². The summed E-state index contributed by atoms with van der Waals surface area (Å²) in [6.45, 7) is 5.36. The molecule has 1 aliphatic rings. The molecule has 1 saturated heterocycles. The number of amides is 1. The molecule has 1 aromatic heterocycles. The molecule has 0 radical (unpaired) electrons. The number of para-hydroxylation sites is 1. The molecular formula is C26H27N3O3. The number of benzene rings is 2. The average Bonchev–Trinajstić information content (AvgIpc) is 2.83. The Balaban J connectivity index is 1.25. The molecule has 6 heteroatoms. The van der Waals surface area contributed by atoms with Gasteiger partial charge in [0.25, 0.3) is 5.91 Å². The standard InChI is InChI=1S/C26H27N3O3/c1-20(26(31)29-17-15-28(16-18-29)19-21-7-3-2-4-8-21)32-25(30)14-13-23-12-11-22-9-5-6-10-24(22)27-23/h2-14,20H,15-19H2,1H3/b14-13+. The van der Waals surface area contributed by atoms with E-state index in [1.807, 2.05) is 54.6 Å². The summed E-state index contributed by atoms with van der Waals surface area (Å²) in [6, 6.07) is 21.9. The predicted molar refractivity (Wildman–Crippen MR) is 125 cm³/mol. The van der Waals surface area contributed by atoms with E-state index in [0.29, 0.717) is 18.8 Å². The third-order valence-electron chi connectivity index (χ3n) is 5.58. The summed E-state index contributed by atoms with van der Waals surface area (Å²) in [6.07, 6.45) is 2.10. The Morgan fingerprint density at radius 3 is 2.47 bits per heavy atom. The Kier molecular flexibility index (Phi) is 6.92. The van der Waals surface area contributed by atoms with Crippen molar-refractivity contribution < 1.29 is 14.3 Å². The number of hydrogen-bond donors (Lipinski definition) is 0. The van der Waals surface area contributed by atoms with Crippen molar-refractivity contribution in [3.8, 4) is 0 Å². The van der Waals surface area contributed by atoms with Crippen LogP contribution in [0.2, 0.25) is 0 Å². The van der Waals surface area contributed by atoms with Crippen LogP contribution in [0.4, 0.5) is 0 Å². The number of nitrogens with zero attached hydrogens (tertiary/aromatic N) is 3. The zero-order valence-corrected chi connectivity index (χ0v) is 18.2. The van der Waals surface area contributed by atoms with Crippen LogP contribution in [0.5, 0.6) is 0 Å². The van der Waals surface area contributed by atoms with E-state index < -0.39 is 12.1 Å². The van der Waals surface area contributed by atoms with Crippen LogP contribution >= 0.6 is 0 Å². The summed E-state index contributed by atoms with van der Waals surface area (Å²) in [5, 5.41) is 1.04. The van der Waals surface area contributed by atoms with Crippen molar-refractivity contribution >= 4 is 28.9 Å². The van der Waals surface area contributed by atoms with Crippen LogP contribution in [-0.4, -0.2) is 58.9 Å². The van der Waals surface area contributed by atoms with E-state index in [4.69, 9.17) is 4.74 Å². The molecule has 0 aliphatic carbocycles.